The van der Waals surface area contributed by atoms with E-state index in [1.54, 1.807) is 0 Å². The first-order valence-electron chi connectivity index (χ1n) is 6.77. The molecule has 2 rings (SSSR count). The SMILES string of the molecule is CC1CN(C(C)C(O)c2ccccc2)CCCO1. The van der Waals surface area contributed by atoms with E-state index in [4.69, 9.17) is 4.74 Å². The minimum atomic E-state index is -0.434. The molecule has 1 heterocycles. The van der Waals surface area contributed by atoms with E-state index in [2.05, 4.69) is 18.7 Å². The highest BCUT2D eigenvalue weighted by Gasteiger charge is 2.25. The van der Waals surface area contributed by atoms with Crippen molar-refractivity contribution in [3.8, 4) is 0 Å². The Morgan fingerprint density at radius 1 is 1.33 bits per heavy atom. The molecule has 0 saturated carbocycles. The van der Waals surface area contributed by atoms with E-state index in [9.17, 15) is 5.11 Å². The monoisotopic (exact) mass is 249 g/mol. The van der Waals surface area contributed by atoms with Gasteiger partial charge >= 0.3 is 0 Å². The van der Waals surface area contributed by atoms with Crippen LogP contribution in [0, 0.1) is 0 Å². The Balaban J connectivity index is 2.03. The molecule has 1 N–H and O–H groups in total. The molecule has 0 aromatic heterocycles. The van der Waals surface area contributed by atoms with Crippen LogP contribution in [0.15, 0.2) is 30.3 Å². The van der Waals surface area contributed by atoms with Crippen LogP contribution in [0.25, 0.3) is 0 Å². The van der Waals surface area contributed by atoms with Gasteiger partial charge in [0.05, 0.1) is 12.2 Å². The predicted molar refractivity (Wildman–Crippen MR) is 72.5 cm³/mol. The third-order valence-electron chi connectivity index (χ3n) is 3.66. The van der Waals surface area contributed by atoms with Crippen LogP contribution in [0.2, 0.25) is 0 Å². The van der Waals surface area contributed by atoms with Crippen LogP contribution < -0.4 is 0 Å². The smallest absolute Gasteiger partial charge is 0.0942 e. The number of aliphatic hydroxyl groups excluding tert-OH is 1. The Labute approximate surface area is 109 Å². The quantitative estimate of drug-likeness (QED) is 0.891. The fraction of sp³-hybridized carbons (Fsp3) is 0.600. The first-order chi connectivity index (χ1) is 8.68. The van der Waals surface area contributed by atoms with Gasteiger partial charge in [-0.2, -0.15) is 0 Å². The van der Waals surface area contributed by atoms with E-state index in [0.717, 1.165) is 31.7 Å². The lowest BCUT2D eigenvalue weighted by atomic mass is 10.0. The van der Waals surface area contributed by atoms with Crippen LogP contribution in [-0.2, 0) is 4.74 Å². The van der Waals surface area contributed by atoms with Gasteiger partial charge in [-0.15, -0.1) is 0 Å². The molecule has 3 atom stereocenters. The summed E-state index contributed by atoms with van der Waals surface area (Å²) in [6, 6.07) is 10.0. The molecule has 0 bridgehead atoms. The van der Waals surface area contributed by atoms with Crippen molar-refractivity contribution in [2.45, 2.75) is 38.5 Å². The summed E-state index contributed by atoms with van der Waals surface area (Å²) in [5.74, 6) is 0. The maximum absolute atomic E-state index is 10.4. The van der Waals surface area contributed by atoms with Crippen molar-refractivity contribution in [3.05, 3.63) is 35.9 Å². The van der Waals surface area contributed by atoms with Crippen LogP contribution in [0.3, 0.4) is 0 Å². The normalized spacial score (nSPS) is 25.4. The highest BCUT2D eigenvalue weighted by Crippen LogP contribution is 2.22. The summed E-state index contributed by atoms with van der Waals surface area (Å²) in [6.45, 7) is 6.90. The molecule has 100 valence electrons. The fourth-order valence-corrected chi connectivity index (χ4v) is 2.52. The Kier molecular flexibility index (Phi) is 4.75. The average Bonchev–Trinajstić information content (AvgIpc) is 2.63. The molecule has 1 fully saturated rings. The van der Waals surface area contributed by atoms with Gasteiger partial charge in [0.15, 0.2) is 0 Å². The number of hydrogen-bond donors (Lipinski definition) is 1. The summed E-state index contributed by atoms with van der Waals surface area (Å²) in [4.78, 5) is 2.33. The standard InChI is InChI=1S/C15H23NO2/c1-12-11-16(9-6-10-18-12)13(2)15(17)14-7-4-3-5-8-14/h3-5,7-8,12-13,15,17H,6,9-11H2,1-2H3. The molecule has 1 aliphatic heterocycles. The number of benzene rings is 1. The van der Waals surface area contributed by atoms with Gasteiger partial charge in [0, 0.05) is 25.7 Å². The van der Waals surface area contributed by atoms with Crippen molar-refractivity contribution in [3.63, 3.8) is 0 Å². The van der Waals surface area contributed by atoms with E-state index in [1.165, 1.54) is 0 Å². The Morgan fingerprint density at radius 3 is 2.78 bits per heavy atom. The minimum Gasteiger partial charge on any atom is -0.387 e. The number of rotatable bonds is 3. The summed E-state index contributed by atoms with van der Waals surface area (Å²) in [5.41, 5.74) is 0.989. The fourth-order valence-electron chi connectivity index (χ4n) is 2.52. The maximum Gasteiger partial charge on any atom is 0.0942 e. The zero-order valence-electron chi connectivity index (χ0n) is 11.2. The van der Waals surface area contributed by atoms with Crippen LogP contribution in [0.5, 0.6) is 0 Å². The molecule has 3 heteroatoms. The highest BCUT2D eigenvalue weighted by molar-refractivity contribution is 5.18. The largest absolute Gasteiger partial charge is 0.387 e. The molecule has 0 radical (unpaired) electrons. The minimum absolute atomic E-state index is 0.122. The Morgan fingerprint density at radius 2 is 2.06 bits per heavy atom. The first kappa shape index (κ1) is 13.5. The third-order valence-corrected chi connectivity index (χ3v) is 3.66. The summed E-state index contributed by atoms with van der Waals surface area (Å²) >= 11 is 0. The first-order valence-corrected chi connectivity index (χ1v) is 6.77. The molecule has 0 aliphatic carbocycles. The van der Waals surface area contributed by atoms with E-state index in [1.807, 2.05) is 30.3 Å². The average molecular weight is 249 g/mol. The Bertz CT molecular complexity index is 355. The second kappa shape index (κ2) is 6.32. The molecule has 0 amide bonds. The molecule has 18 heavy (non-hydrogen) atoms. The van der Waals surface area contributed by atoms with Gasteiger partial charge in [-0.25, -0.2) is 0 Å². The molecular weight excluding hydrogens is 226 g/mol. The van der Waals surface area contributed by atoms with Gasteiger partial charge in [-0.1, -0.05) is 30.3 Å². The highest BCUT2D eigenvalue weighted by atomic mass is 16.5. The van der Waals surface area contributed by atoms with Gasteiger partial charge in [-0.3, -0.25) is 4.90 Å². The van der Waals surface area contributed by atoms with Crippen LogP contribution in [0.4, 0.5) is 0 Å². The lowest BCUT2D eigenvalue weighted by Gasteiger charge is -2.32. The van der Waals surface area contributed by atoms with E-state index < -0.39 is 6.10 Å². The lowest BCUT2D eigenvalue weighted by Crippen LogP contribution is -2.41. The summed E-state index contributed by atoms with van der Waals surface area (Å²) in [7, 11) is 0. The summed E-state index contributed by atoms with van der Waals surface area (Å²) in [6.07, 6.45) is 0.852. The second-order valence-corrected chi connectivity index (χ2v) is 5.13. The molecule has 1 aromatic carbocycles. The van der Waals surface area contributed by atoms with Crippen LogP contribution in [0.1, 0.15) is 31.9 Å². The lowest BCUT2D eigenvalue weighted by molar-refractivity contribution is 0.0303. The molecule has 1 aliphatic rings. The molecular formula is C15H23NO2. The van der Waals surface area contributed by atoms with Gasteiger partial charge in [0.25, 0.3) is 0 Å². The van der Waals surface area contributed by atoms with Gasteiger partial charge in [-0.05, 0) is 25.8 Å². The van der Waals surface area contributed by atoms with Crippen molar-refractivity contribution in [1.82, 2.24) is 4.90 Å². The van der Waals surface area contributed by atoms with Crippen molar-refractivity contribution < 1.29 is 9.84 Å². The molecule has 1 saturated heterocycles. The van der Waals surface area contributed by atoms with E-state index in [0.29, 0.717) is 0 Å². The molecule has 3 nitrogen and oxygen atoms in total. The third kappa shape index (κ3) is 3.31. The number of hydrogen-bond acceptors (Lipinski definition) is 3. The molecule has 0 spiro atoms. The molecule has 3 unspecified atom stereocenters. The summed E-state index contributed by atoms with van der Waals surface area (Å²) in [5, 5.41) is 10.4. The predicted octanol–water partition coefficient (Wildman–Crippen LogP) is 2.22. The number of aliphatic hydroxyl groups is 1. The maximum atomic E-state index is 10.4. The zero-order valence-corrected chi connectivity index (χ0v) is 11.2. The van der Waals surface area contributed by atoms with Crippen LogP contribution >= 0.6 is 0 Å². The van der Waals surface area contributed by atoms with Gasteiger partial charge in [0.2, 0.25) is 0 Å². The Hall–Kier alpha value is -0.900. The second-order valence-electron chi connectivity index (χ2n) is 5.13. The van der Waals surface area contributed by atoms with Gasteiger partial charge < -0.3 is 9.84 Å². The number of nitrogens with zero attached hydrogens (tertiary/aromatic N) is 1. The summed E-state index contributed by atoms with van der Waals surface area (Å²) < 4.78 is 5.65. The van der Waals surface area contributed by atoms with E-state index in [-0.39, 0.29) is 12.1 Å². The molecule has 1 aromatic rings. The van der Waals surface area contributed by atoms with Crippen LogP contribution in [-0.4, -0.2) is 41.8 Å². The van der Waals surface area contributed by atoms with Gasteiger partial charge in [0.1, 0.15) is 0 Å². The van der Waals surface area contributed by atoms with Crippen molar-refractivity contribution in [2.24, 2.45) is 0 Å². The topological polar surface area (TPSA) is 32.7 Å². The van der Waals surface area contributed by atoms with Crippen molar-refractivity contribution in [2.75, 3.05) is 19.7 Å². The van der Waals surface area contributed by atoms with Crippen molar-refractivity contribution in [1.29, 1.82) is 0 Å². The van der Waals surface area contributed by atoms with Crippen molar-refractivity contribution >= 4 is 0 Å². The number of ether oxygens (including phenoxy) is 1. The van der Waals surface area contributed by atoms with E-state index >= 15 is 0 Å². The zero-order chi connectivity index (χ0) is 13.0.